The molecule has 1 aromatic heterocycles. The van der Waals surface area contributed by atoms with Crippen molar-refractivity contribution < 1.29 is 9.90 Å². The van der Waals surface area contributed by atoms with Gasteiger partial charge in [0.2, 0.25) is 0 Å². The van der Waals surface area contributed by atoms with Crippen molar-refractivity contribution in [3.8, 4) is 0 Å². The lowest BCUT2D eigenvalue weighted by Crippen LogP contribution is -1.99. The molecule has 1 aromatic rings. The van der Waals surface area contributed by atoms with Gasteiger partial charge in [0.1, 0.15) is 0 Å². The monoisotopic (exact) mass is 235 g/mol. The van der Waals surface area contributed by atoms with E-state index in [1.165, 1.54) is 12.4 Å². The fourth-order valence-corrected chi connectivity index (χ4v) is 1.47. The molecule has 1 heterocycles. The number of aromatic carboxylic acids is 1. The summed E-state index contributed by atoms with van der Waals surface area (Å²) >= 11 is 8.57. The molecule has 0 spiro atoms. The maximum Gasteiger partial charge on any atom is 0.338 e. The Morgan fingerprint density at radius 2 is 2.27 bits per heavy atom. The Labute approximate surface area is 76.1 Å². The van der Waals surface area contributed by atoms with E-state index in [4.69, 9.17) is 16.7 Å². The van der Waals surface area contributed by atoms with Crippen molar-refractivity contribution in [1.82, 2.24) is 4.98 Å². The zero-order chi connectivity index (χ0) is 8.43. The van der Waals surface area contributed by atoms with E-state index in [-0.39, 0.29) is 10.6 Å². The number of carboxylic acids is 1. The lowest BCUT2D eigenvalue weighted by molar-refractivity contribution is 0.0696. The van der Waals surface area contributed by atoms with E-state index >= 15 is 0 Å². The maximum atomic E-state index is 10.5. The molecule has 5 heteroatoms. The summed E-state index contributed by atoms with van der Waals surface area (Å²) in [5.74, 6) is -1.07. The highest BCUT2D eigenvalue weighted by Crippen LogP contribution is 2.22. The Hall–Kier alpha value is -0.610. The predicted octanol–water partition coefficient (Wildman–Crippen LogP) is 2.20. The van der Waals surface area contributed by atoms with Crippen molar-refractivity contribution in [2.45, 2.75) is 0 Å². The lowest BCUT2D eigenvalue weighted by Gasteiger charge is -1.98. The van der Waals surface area contributed by atoms with Gasteiger partial charge in [-0.05, 0) is 15.9 Å². The fourth-order valence-electron chi connectivity index (χ4n) is 0.616. The zero-order valence-electron chi connectivity index (χ0n) is 5.21. The third-order valence-corrected chi connectivity index (χ3v) is 1.96. The van der Waals surface area contributed by atoms with Gasteiger partial charge in [-0.1, -0.05) is 11.6 Å². The molecule has 0 saturated heterocycles. The van der Waals surface area contributed by atoms with Crippen molar-refractivity contribution >= 4 is 33.5 Å². The van der Waals surface area contributed by atoms with Crippen molar-refractivity contribution in [3.63, 3.8) is 0 Å². The molecule has 0 saturated carbocycles. The second-order valence-corrected chi connectivity index (χ2v) is 3.04. The molecule has 1 rings (SSSR count). The number of aromatic nitrogens is 1. The lowest BCUT2D eigenvalue weighted by atomic mass is 10.3. The molecule has 3 nitrogen and oxygen atoms in total. The fraction of sp³-hybridized carbons (Fsp3) is 0. The first-order valence-corrected chi connectivity index (χ1v) is 3.82. The van der Waals surface area contributed by atoms with Crippen LogP contribution in [0.4, 0.5) is 0 Å². The largest absolute Gasteiger partial charge is 0.478 e. The van der Waals surface area contributed by atoms with E-state index in [0.29, 0.717) is 4.47 Å². The number of hydrogen-bond acceptors (Lipinski definition) is 2. The number of carbonyl (C=O) groups is 1. The summed E-state index contributed by atoms with van der Waals surface area (Å²) in [5.41, 5.74) is 0.0432. The third kappa shape index (κ3) is 1.70. The average Bonchev–Trinajstić information content (AvgIpc) is 1.85. The smallest absolute Gasteiger partial charge is 0.338 e. The van der Waals surface area contributed by atoms with Gasteiger partial charge >= 0.3 is 5.97 Å². The van der Waals surface area contributed by atoms with Crippen molar-refractivity contribution in [1.29, 1.82) is 0 Å². The zero-order valence-corrected chi connectivity index (χ0v) is 7.56. The van der Waals surface area contributed by atoms with Gasteiger partial charge in [0.05, 0.1) is 15.1 Å². The Morgan fingerprint density at radius 1 is 1.64 bits per heavy atom. The Kier molecular flexibility index (Phi) is 2.46. The van der Waals surface area contributed by atoms with Gasteiger partial charge < -0.3 is 5.11 Å². The van der Waals surface area contributed by atoms with Gasteiger partial charge in [0.15, 0.2) is 0 Å². The van der Waals surface area contributed by atoms with E-state index in [1.807, 2.05) is 0 Å². The number of nitrogens with zero attached hydrogens (tertiary/aromatic N) is 1. The van der Waals surface area contributed by atoms with Crippen molar-refractivity contribution in [2.24, 2.45) is 0 Å². The van der Waals surface area contributed by atoms with Crippen LogP contribution >= 0.6 is 27.5 Å². The van der Waals surface area contributed by atoms with E-state index in [2.05, 4.69) is 20.9 Å². The van der Waals surface area contributed by atoms with Crippen LogP contribution in [0.1, 0.15) is 10.4 Å². The van der Waals surface area contributed by atoms with Crippen LogP contribution in [-0.4, -0.2) is 16.1 Å². The normalized spacial score (nSPS) is 9.64. The third-order valence-electron chi connectivity index (χ3n) is 1.07. The first-order valence-electron chi connectivity index (χ1n) is 2.65. The minimum Gasteiger partial charge on any atom is -0.478 e. The van der Waals surface area contributed by atoms with Gasteiger partial charge in [0.25, 0.3) is 0 Å². The standard InChI is InChI=1S/C6H3BrClNO2/c7-3-1-9-2-4(8)5(3)6(10)11/h1-2H,(H,10,11). The van der Waals surface area contributed by atoms with Gasteiger partial charge in [-0.2, -0.15) is 0 Å². The highest BCUT2D eigenvalue weighted by molar-refractivity contribution is 9.10. The van der Waals surface area contributed by atoms with E-state index < -0.39 is 5.97 Å². The highest BCUT2D eigenvalue weighted by Gasteiger charge is 2.12. The summed E-state index contributed by atoms with van der Waals surface area (Å²) in [7, 11) is 0. The number of pyridine rings is 1. The topological polar surface area (TPSA) is 50.2 Å². The molecule has 1 N–H and O–H groups in total. The van der Waals surface area contributed by atoms with Gasteiger partial charge in [-0.3, -0.25) is 4.98 Å². The molecular formula is C6H3BrClNO2. The molecular weight excluding hydrogens is 233 g/mol. The second kappa shape index (κ2) is 3.19. The van der Waals surface area contributed by atoms with Crippen LogP contribution < -0.4 is 0 Å². The average molecular weight is 236 g/mol. The second-order valence-electron chi connectivity index (χ2n) is 1.78. The van der Waals surface area contributed by atoms with Crippen molar-refractivity contribution in [3.05, 3.63) is 27.5 Å². The molecule has 0 bridgehead atoms. The first-order chi connectivity index (χ1) is 5.13. The molecule has 0 aliphatic rings. The quantitative estimate of drug-likeness (QED) is 0.813. The summed E-state index contributed by atoms with van der Waals surface area (Å²) in [6, 6.07) is 0. The number of carboxylic acid groups (broad SMARTS) is 1. The molecule has 11 heavy (non-hydrogen) atoms. The summed E-state index contributed by atoms with van der Waals surface area (Å²) in [4.78, 5) is 14.2. The molecule has 0 radical (unpaired) electrons. The molecule has 0 aliphatic heterocycles. The predicted molar refractivity (Wildman–Crippen MR) is 43.9 cm³/mol. The molecule has 0 unspecified atom stereocenters. The van der Waals surface area contributed by atoms with Crippen LogP contribution in [0, 0.1) is 0 Å². The van der Waals surface area contributed by atoms with Gasteiger partial charge in [0, 0.05) is 12.4 Å². The summed E-state index contributed by atoms with van der Waals surface area (Å²) in [5, 5.41) is 8.74. The van der Waals surface area contributed by atoms with E-state index in [0.717, 1.165) is 0 Å². The SMILES string of the molecule is O=C(O)c1c(Cl)cncc1Br. The van der Waals surface area contributed by atoms with E-state index in [1.54, 1.807) is 0 Å². The molecule has 0 aliphatic carbocycles. The molecule has 0 aromatic carbocycles. The van der Waals surface area contributed by atoms with Crippen LogP contribution in [0.3, 0.4) is 0 Å². The summed E-state index contributed by atoms with van der Waals surface area (Å²) in [6.07, 6.45) is 2.67. The minimum atomic E-state index is -1.07. The van der Waals surface area contributed by atoms with Gasteiger partial charge in [-0.25, -0.2) is 4.79 Å². The van der Waals surface area contributed by atoms with Crippen LogP contribution in [0.15, 0.2) is 16.9 Å². The van der Waals surface area contributed by atoms with Crippen molar-refractivity contribution in [2.75, 3.05) is 0 Å². The molecule has 0 fully saturated rings. The Bertz CT molecular complexity index is 282. The summed E-state index contributed by atoms with van der Waals surface area (Å²) in [6.45, 7) is 0. The Balaban J connectivity index is 3.32. The highest BCUT2D eigenvalue weighted by atomic mass is 79.9. The molecule has 0 amide bonds. The number of hydrogen-bond donors (Lipinski definition) is 1. The molecule has 58 valence electrons. The van der Waals surface area contributed by atoms with Crippen LogP contribution in [-0.2, 0) is 0 Å². The van der Waals surface area contributed by atoms with Crippen LogP contribution in [0.2, 0.25) is 5.02 Å². The number of rotatable bonds is 1. The van der Waals surface area contributed by atoms with Crippen LogP contribution in [0.5, 0.6) is 0 Å². The van der Waals surface area contributed by atoms with Gasteiger partial charge in [-0.15, -0.1) is 0 Å². The molecule has 0 atom stereocenters. The maximum absolute atomic E-state index is 10.5. The first kappa shape index (κ1) is 8.49. The summed E-state index contributed by atoms with van der Waals surface area (Å²) < 4.78 is 0.387. The minimum absolute atomic E-state index is 0.0432. The van der Waals surface area contributed by atoms with Crippen LogP contribution in [0.25, 0.3) is 0 Å². The Morgan fingerprint density at radius 3 is 2.64 bits per heavy atom. The number of halogens is 2. The van der Waals surface area contributed by atoms with E-state index in [9.17, 15) is 4.79 Å².